The third-order valence-electron chi connectivity index (χ3n) is 4.48. The van der Waals surface area contributed by atoms with E-state index in [1.54, 1.807) is 34.6 Å². The lowest BCUT2D eigenvalue weighted by Crippen LogP contribution is -2.38. The van der Waals surface area contributed by atoms with Gasteiger partial charge in [0, 0.05) is 30.4 Å². The van der Waals surface area contributed by atoms with E-state index in [0.717, 1.165) is 52.7 Å². The van der Waals surface area contributed by atoms with Gasteiger partial charge in [0.1, 0.15) is 0 Å². The molecular formula is C17H25N5O2S2. The average Bonchev–Trinajstić information content (AvgIpc) is 3.25. The normalized spacial score (nSPS) is 15.8. The van der Waals surface area contributed by atoms with Crippen LogP contribution in [0, 0.1) is 13.8 Å². The third kappa shape index (κ3) is 4.33. The second-order valence-electron chi connectivity index (χ2n) is 6.34. The smallest absolute Gasteiger partial charge is 0.318 e. The molecule has 142 valence electrons. The Bertz CT molecular complexity index is 754. The summed E-state index contributed by atoms with van der Waals surface area (Å²) in [7, 11) is 1.80. The number of amides is 2. The Morgan fingerprint density at radius 2 is 2.12 bits per heavy atom. The van der Waals surface area contributed by atoms with Crippen LogP contribution in [-0.4, -0.2) is 54.2 Å². The maximum absolute atomic E-state index is 12.5. The van der Waals surface area contributed by atoms with Crippen molar-refractivity contribution in [1.29, 1.82) is 0 Å². The molecule has 2 amide bonds. The van der Waals surface area contributed by atoms with Crippen molar-refractivity contribution in [2.24, 2.45) is 0 Å². The molecule has 1 fully saturated rings. The molecule has 0 aliphatic carbocycles. The van der Waals surface area contributed by atoms with Crippen LogP contribution in [0.5, 0.6) is 0 Å². The summed E-state index contributed by atoms with van der Waals surface area (Å²) in [5.41, 5.74) is 1.85. The molecule has 2 aromatic rings. The maximum Gasteiger partial charge on any atom is 0.318 e. The summed E-state index contributed by atoms with van der Waals surface area (Å²) in [6.07, 6.45) is 0. The Morgan fingerprint density at radius 3 is 2.77 bits per heavy atom. The van der Waals surface area contributed by atoms with E-state index in [4.69, 9.17) is 4.74 Å². The molecule has 0 aromatic carbocycles. The molecular weight excluding hydrogens is 370 g/mol. The summed E-state index contributed by atoms with van der Waals surface area (Å²) >= 11 is 3.27. The SMILES string of the molecule is Cc1nc([C@H](C)N(C)C(=O)NCc2csc(N3CCOCC3)n2)c(C)s1. The van der Waals surface area contributed by atoms with Gasteiger partial charge in [-0.05, 0) is 20.8 Å². The highest BCUT2D eigenvalue weighted by molar-refractivity contribution is 7.13. The van der Waals surface area contributed by atoms with E-state index in [-0.39, 0.29) is 12.1 Å². The van der Waals surface area contributed by atoms with Gasteiger partial charge >= 0.3 is 6.03 Å². The molecule has 1 N–H and O–H groups in total. The Balaban J connectivity index is 1.55. The first kappa shape index (κ1) is 19.1. The maximum atomic E-state index is 12.5. The molecule has 1 saturated heterocycles. The largest absolute Gasteiger partial charge is 0.378 e. The zero-order chi connectivity index (χ0) is 18.7. The molecule has 0 radical (unpaired) electrons. The fraction of sp³-hybridized carbons (Fsp3) is 0.588. The van der Waals surface area contributed by atoms with Crippen molar-refractivity contribution in [3.8, 4) is 0 Å². The van der Waals surface area contributed by atoms with E-state index in [2.05, 4.69) is 20.2 Å². The number of aromatic nitrogens is 2. The molecule has 9 heteroatoms. The number of ether oxygens (including phenoxy) is 1. The van der Waals surface area contributed by atoms with Gasteiger partial charge in [-0.1, -0.05) is 0 Å². The minimum absolute atomic E-state index is 0.0701. The second-order valence-corrected chi connectivity index (χ2v) is 8.58. The Kier molecular flexibility index (Phi) is 6.10. The molecule has 7 nitrogen and oxygen atoms in total. The van der Waals surface area contributed by atoms with Crippen LogP contribution in [0.3, 0.4) is 0 Å². The molecule has 0 unspecified atom stereocenters. The Labute approximate surface area is 162 Å². The van der Waals surface area contributed by atoms with Crippen LogP contribution in [0.4, 0.5) is 9.93 Å². The fourth-order valence-corrected chi connectivity index (χ4v) is 4.65. The van der Waals surface area contributed by atoms with Crippen molar-refractivity contribution in [3.63, 3.8) is 0 Å². The van der Waals surface area contributed by atoms with Crippen molar-refractivity contribution < 1.29 is 9.53 Å². The van der Waals surface area contributed by atoms with Crippen molar-refractivity contribution >= 4 is 33.8 Å². The summed E-state index contributed by atoms with van der Waals surface area (Å²) in [4.78, 5) is 26.8. The summed E-state index contributed by atoms with van der Waals surface area (Å²) in [5, 5.41) is 6.98. The van der Waals surface area contributed by atoms with Crippen molar-refractivity contribution in [1.82, 2.24) is 20.2 Å². The highest BCUT2D eigenvalue weighted by atomic mass is 32.1. The lowest BCUT2D eigenvalue weighted by molar-refractivity contribution is 0.122. The number of carbonyl (C=O) groups excluding carboxylic acids is 1. The minimum Gasteiger partial charge on any atom is -0.378 e. The van der Waals surface area contributed by atoms with Crippen molar-refractivity contribution in [3.05, 3.63) is 26.7 Å². The summed E-state index contributed by atoms with van der Waals surface area (Å²) in [5.74, 6) is 0. The van der Waals surface area contributed by atoms with Gasteiger partial charge in [-0.25, -0.2) is 14.8 Å². The van der Waals surface area contributed by atoms with Gasteiger partial charge in [0.2, 0.25) is 0 Å². The number of urea groups is 1. The van der Waals surface area contributed by atoms with E-state index in [0.29, 0.717) is 6.54 Å². The van der Waals surface area contributed by atoms with E-state index in [1.165, 1.54) is 0 Å². The first-order valence-corrected chi connectivity index (χ1v) is 10.4. The standard InChI is InChI=1S/C17H25N5O2S2/c1-11(15-12(2)26-13(3)19-15)21(4)16(23)18-9-14-10-25-17(20-14)22-5-7-24-8-6-22/h10-11H,5-9H2,1-4H3,(H,18,23)/t11-/m0/s1. The van der Waals surface area contributed by atoms with Gasteiger partial charge in [0.15, 0.2) is 5.13 Å². The molecule has 0 bridgehead atoms. The lowest BCUT2D eigenvalue weighted by Gasteiger charge is -2.26. The van der Waals surface area contributed by atoms with E-state index in [9.17, 15) is 4.79 Å². The Hall–Kier alpha value is -1.71. The highest BCUT2D eigenvalue weighted by Gasteiger charge is 2.22. The molecule has 1 aliphatic heterocycles. The first-order chi connectivity index (χ1) is 12.5. The second kappa shape index (κ2) is 8.32. The fourth-order valence-electron chi connectivity index (χ4n) is 2.86. The van der Waals surface area contributed by atoms with Crippen LogP contribution in [0.25, 0.3) is 0 Å². The lowest BCUT2D eigenvalue weighted by atomic mass is 10.2. The highest BCUT2D eigenvalue weighted by Crippen LogP contribution is 2.26. The number of nitrogens with one attached hydrogen (secondary N) is 1. The number of hydrogen-bond donors (Lipinski definition) is 1. The quantitative estimate of drug-likeness (QED) is 0.843. The number of anilines is 1. The van der Waals surface area contributed by atoms with Gasteiger partial charge in [-0.3, -0.25) is 0 Å². The van der Waals surface area contributed by atoms with E-state index >= 15 is 0 Å². The molecule has 2 aromatic heterocycles. The molecule has 3 heterocycles. The van der Waals surface area contributed by atoms with Crippen LogP contribution in [0.1, 0.15) is 34.2 Å². The number of rotatable bonds is 5. The van der Waals surface area contributed by atoms with Crippen LogP contribution >= 0.6 is 22.7 Å². The third-order valence-corrected chi connectivity index (χ3v) is 6.33. The number of aryl methyl sites for hydroxylation is 2. The van der Waals surface area contributed by atoms with Gasteiger partial charge in [0.25, 0.3) is 0 Å². The van der Waals surface area contributed by atoms with Gasteiger partial charge < -0.3 is 19.9 Å². The summed E-state index contributed by atoms with van der Waals surface area (Å²) in [6.45, 7) is 9.67. The van der Waals surface area contributed by atoms with Crippen molar-refractivity contribution in [2.45, 2.75) is 33.4 Å². The molecule has 1 aliphatic rings. The zero-order valence-electron chi connectivity index (χ0n) is 15.6. The average molecular weight is 396 g/mol. The Morgan fingerprint density at radius 1 is 1.38 bits per heavy atom. The predicted molar refractivity (Wildman–Crippen MR) is 105 cm³/mol. The molecule has 0 spiro atoms. The minimum atomic E-state index is -0.122. The van der Waals surface area contributed by atoms with Crippen molar-refractivity contribution in [2.75, 3.05) is 38.3 Å². The molecule has 26 heavy (non-hydrogen) atoms. The first-order valence-electron chi connectivity index (χ1n) is 8.67. The zero-order valence-corrected chi connectivity index (χ0v) is 17.2. The number of carbonyl (C=O) groups is 1. The number of thiazole rings is 2. The molecule has 1 atom stereocenters. The summed E-state index contributed by atoms with van der Waals surface area (Å²) in [6, 6.07) is -0.192. The monoisotopic (exact) mass is 395 g/mol. The molecule has 3 rings (SSSR count). The predicted octanol–water partition coefficient (Wildman–Crippen LogP) is 2.96. The number of nitrogens with zero attached hydrogens (tertiary/aromatic N) is 4. The van der Waals surface area contributed by atoms with Crippen LogP contribution in [0.15, 0.2) is 5.38 Å². The van der Waals surface area contributed by atoms with E-state index < -0.39 is 0 Å². The molecule has 0 saturated carbocycles. The van der Waals surface area contributed by atoms with Crippen LogP contribution in [0.2, 0.25) is 0 Å². The van der Waals surface area contributed by atoms with Crippen LogP contribution < -0.4 is 10.2 Å². The van der Waals surface area contributed by atoms with Crippen LogP contribution in [-0.2, 0) is 11.3 Å². The number of morpholine rings is 1. The topological polar surface area (TPSA) is 70.6 Å². The van der Waals surface area contributed by atoms with Gasteiger partial charge in [-0.15, -0.1) is 22.7 Å². The summed E-state index contributed by atoms with van der Waals surface area (Å²) < 4.78 is 5.37. The van der Waals surface area contributed by atoms with Gasteiger partial charge in [-0.2, -0.15) is 0 Å². The number of hydrogen-bond acceptors (Lipinski definition) is 7. The van der Waals surface area contributed by atoms with E-state index in [1.807, 2.05) is 26.2 Å². The van der Waals surface area contributed by atoms with Gasteiger partial charge in [0.05, 0.1) is 42.2 Å².